The molecule has 1 fully saturated rings. The van der Waals surface area contributed by atoms with E-state index in [1.807, 2.05) is 29.5 Å². The fourth-order valence-electron chi connectivity index (χ4n) is 1.39. The maximum absolute atomic E-state index is 13.2. The number of aryl methyl sites for hydroxylation is 1. The van der Waals surface area contributed by atoms with Crippen molar-refractivity contribution in [3.63, 3.8) is 0 Å². The lowest BCUT2D eigenvalue weighted by Crippen LogP contribution is -2.02. The second-order valence-corrected chi connectivity index (χ2v) is 4.67. The molecule has 0 aromatic carbocycles. The Morgan fingerprint density at radius 3 is 2.54 bits per heavy atom. The van der Waals surface area contributed by atoms with Gasteiger partial charge in [0.05, 0.1) is 9.26 Å². The predicted octanol–water partition coefficient (Wildman–Crippen LogP) is 2.65. The van der Waals surface area contributed by atoms with Crippen LogP contribution in [0, 0.1) is 22.4 Å². The van der Waals surface area contributed by atoms with Crippen molar-refractivity contribution >= 4 is 22.6 Å². The fourth-order valence-corrected chi connectivity index (χ4v) is 1.63. The van der Waals surface area contributed by atoms with Crippen LogP contribution in [0.25, 0.3) is 0 Å². The predicted molar refractivity (Wildman–Crippen MR) is 56.0 cm³/mol. The van der Waals surface area contributed by atoms with Gasteiger partial charge in [-0.05, 0) is 41.9 Å². The van der Waals surface area contributed by atoms with Crippen molar-refractivity contribution in [2.24, 2.45) is 5.92 Å². The molecule has 0 amide bonds. The molecule has 70 valence electrons. The van der Waals surface area contributed by atoms with Gasteiger partial charge in [0.1, 0.15) is 5.82 Å². The molecule has 13 heavy (non-hydrogen) atoms. The zero-order valence-corrected chi connectivity index (χ0v) is 9.67. The van der Waals surface area contributed by atoms with E-state index in [9.17, 15) is 4.39 Å². The molecule has 1 aromatic heterocycles. The van der Waals surface area contributed by atoms with Gasteiger partial charge < -0.3 is 0 Å². The van der Waals surface area contributed by atoms with Gasteiger partial charge in [0.2, 0.25) is 5.95 Å². The largest absolute Gasteiger partial charge is 0.237 e. The number of hydrogen-bond acceptors (Lipinski definition) is 2. The van der Waals surface area contributed by atoms with Crippen LogP contribution in [0.2, 0.25) is 0 Å². The van der Waals surface area contributed by atoms with Crippen LogP contribution in [0.1, 0.15) is 30.8 Å². The first-order valence-electron chi connectivity index (χ1n) is 4.29. The monoisotopic (exact) mass is 292 g/mol. The normalized spacial score (nSPS) is 26.2. The minimum atomic E-state index is -0.373. The summed E-state index contributed by atoms with van der Waals surface area (Å²) in [6.45, 7) is 3.96. The van der Waals surface area contributed by atoms with Gasteiger partial charge in [-0.25, -0.2) is 9.97 Å². The lowest BCUT2D eigenvalue weighted by molar-refractivity contribution is 0.556. The first-order chi connectivity index (χ1) is 6.09. The first-order valence-corrected chi connectivity index (χ1v) is 5.37. The third-order valence-electron chi connectivity index (χ3n) is 2.43. The SMILES string of the molecule is Cc1nc(C2CC2C)nc(F)c1I. The van der Waals surface area contributed by atoms with Crippen molar-refractivity contribution in [3.05, 3.63) is 21.0 Å². The molecule has 0 aliphatic heterocycles. The van der Waals surface area contributed by atoms with Crippen LogP contribution in [-0.4, -0.2) is 9.97 Å². The summed E-state index contributed by atoms with van der Waals surface area (Å²) in [6, 6.07) is 0. The van der Waals surface area contributed by atoms with Crippen LogP contribution in [0.5, 0.6) is 0 Å². The van der Waals surface area contributed by atoms with E-state index in [0.29, 0.717) is 21.2 Å². The van der Waals surface area contributed by atoms with E-state index >= 15 is 0 Å². The Morgan fingerprint density at radius 1 is 1.46 bits per heavy atom. The van der Waals surface area contributed by atoms with Crippen LogP contribution in [0.3, 0.4) is 0 Å². The Bertz CT molecular complexity index is 330. The standard InChI is InChI=1S/C9H10FIN2/c1-4-3-6(4)9-12-5(2)7(11)8(10)13-9/h4,6H,3H2,1-2H3. The minimum Gasteiger partial charge on any atom is -0.237 e. The van der Waals surface area contributed by atoms with Gasteiger partial charge in [-0.15, -0.1) is 0 Å². The number of hydrogen-bond donors (Lipinski definition) is 0. The summed E-state index contributed by atoms with van der Waals surface area (Å²) < 4.78 is 13.7. The molecule has 0 spiro atoms. The summed E-state index contributed by atoms with van der Waals surface area (Å²) in [5, 5.41) is 0. The van der Waals surface area contributed by atoms with Crippen molar-refractivity contribution in [1.82, 2.24) is 9.97 Å². The summed E-state index contributed by atoms with van der Waals surface area (Å²) >= 11 is 1.93. The highest BCUT2D eigenvalue weighted by molar-refractivity contribution is 14.1. The Balaban J connectivity index is 2.39. The Hall–Kier alpha value is -0.260. The summed E-state index contributed by atoms with van der Waals surface area (Å²) in [6.07, 6.45) is 1.10. The van der Waals surface area contributed by atoms with Crippen molar-refractivity contribution in [1.29, 1.82) is 0 Å². The number of halogens is 2. The summed E-state index contributed by atoms with van der Waals surface area (Å²) in [4.78, 5) is 8.15. The van der Waals surface area contributed by atoms with Crippen molar-refractivity contribution in [2.45, 2.75) is 26.2 Å². The molecule has 1 heterocycles. The summed E-state index contributed by atoms with van der Waals surface area (Å²) in [5.41, 5.74) is 0.752. The smallest absolute Gasteiger partial charge is 0.229 e. The Morgan fingerprint density at radius 2 is 2.08 bits per heavy atom. The van der Waals surface area contributed by atoms with E-state index in [1.54, 1.807) is 0 Å². The van der Waals surface area contributed by atoms with Gasteiger partial charge in [-0.1, -0.05) is 6.92 Å². The molecule has 1 aromatic rings. The molecule has 0 N–H and O–H groups in total. The van der Waals surface area contributed by atoms with Crippen LogP contribution in [-0.2, 0) is 0 Å². The average Bonchev–Trinajstić information content (AvgIpc) is 2.77. The van der Waals surface area contributed by atoms with Crippen molar-refractivity contribution in [2.75, 3.05) is 0 Å². The van der Waals surface area contributed by atoms with Crippen LogP contribution in [0.4, 0.5) is 4.39 Å². The molecular weight excluding hydrogens is 282 g/mol. The number of nitrogens with zero attached hydrogens (tertiary/aromatic N) is 2. The van der Waals surface area contributed by atoms with E-state index in [2.05, 4.69) is 16.9 Å². The Labute approximate surface area is 90.1 Å². The fraction of sp³-hybridized carbons (Fsp3) is 0.556. The van der Waals surface area contributed by atoms with E-state index in [1.165, 1.54) is 0 Å². The van der Waals surface area contributed by atoms with Gasteiger partial charge in [0, 0.05) is 5.92 Å². The topological polar surface area (TPSA) is 25.8 Å². The van der Waals surface area contributed by atoms with Gasteiger partial charge in [-0.2, -0.15) is 4.39 Å². The maximum Gasteiger partial charge on any atom is 0.229 e. The third-order valence-corrected chi connectivity index (χ3v) is 3.66. The Kier molecular flexibility index (Phi) is 2.25. The van der Waals surface area contributed by atoms with E-state index < -0.39 is 0 Å². The molecule has 2 nitrogen and oxygen atoms in total. The molecule has 0 bridgehead atoms. The molecule has 1 saturated carbocycles. The molecule has 1 aliphatic carbocycles. The van der Waals surface area contributed by atoms with Gasteiger partial charge >= 0.3 is 0 Å². The second-order valence-electron chi connectivity index (χ2n) is 3.59. The maximum atomic E-state index is 13.2. The van der Waals surface area contributed by atoms with Crippen molar-refractivity contribution in [3.8, 4) is 0 Å². The van der Waals surface area contributed by atoms with Crippen molar-refractivity contribution < 1.29 is 4.39 Å². The molecule has 1 aliphatic rings. The first kappa shape index (κ1) is 9.30. The van der Waals surface area contributed by atoms with Gasteiger partial charge in [0.25, 0.3) is 0 Å². The average molecular weight is 292 g/mol. The molecular formula is C9H10FIN2. The molecule has 4 heteroatoms. The molecule has 0 radical (unpaired) electrons. The second kappa shape index (κ2) is 3.15. The summed E-state index contributed by atoms with van der Waals surface area (Å²) in [5.74, 6) is 1.33. The molecule has 2 unspecified atom stereocenters. The number of aromatic nitrogens is 2. The van der Waals surface area contributed by atoms with Crippen LogP contribution in [0.15, 0.2) is 0 Å². The zero-order valence-electron chi connectivity index (χ0n) is 7.51. The highest BCUT2D eigenvalue weighted by atomic mass is 127. The lowest BCUT2D eigenvalue weighted by atomic mass is 10.3. The van der Waals surface area contributed by atoms with E-state index in [4.69, 9.17) is 0 Å². The minimum absolute atomic E-state index is 0.373. The van der Waals surface area contributed by atoms with E-state index in [0.717, 1.165) is 12.1 Å². The van der Waals surface area contributed by atoms with E-state index in [-0.39, 0.29) is 5.95 Å². The molecule has 0 saturated heterocycles. The van der Waals surface area contributed by atoms with Gasteiger partial charge in [-0.3, -0.25) is 0 Å². The molecule has 2 atom stereocenters. The lowest BCUT2D eigenvalue weighted by Gasteiger charge is -2.02. The van der Waals surface area contributed by atoms with Crippen LogP contribution >= 0.6 is 22.6 Å². The third kappa shape index (κ3) is 1.68. The van der Waals surface area contributed by atoms with Crippen LogP contribution < -0.4 is 0 Å². The molecule has 2 rings (SSSR count). The quantitative estimate of drug-likeness (QED) is 0.587. The van der Waals surface area contributed by atoms with Gasteiger partial charge in [0.15, 0.2) is 0 Å². The highest BCUT2D eigenvalue weighted by Gasteiger charge is 2.37. The summed E-state index contributed by atoms with van der Waals surface area (Å²) in [7, 11) is 0. The number of rotatable bonds is 1. The highest BCUT2D eigenvalue weighted by Crippen LogP contribution is 2.45. The zero-order chi connectivity index (χ0) is 9.59.